The number of rotatable bonds is 5. The lowest BCUT2D eigenvalue weighted by atomic mass is 10.0. The van der Waals surface area contributed by atoms with Gasteiger partial charge in [-0.1, -0.05) is 35.5 Å². The molecule has 0 aliphatic heterocycles. The molecule has 0 aliphatic carbocycles. The van der Waals surface area contributed by atoms with Gasteiger partial charge in [0.05, 0.1) is 13.7 Å². The summed E-state index contributed by atoms with van der Waals surface area (Å²) >= 11 is 0. The summed E-state index contributed by atoms with van der Waals surface area (Å²) in [6.45, 7) is 2.22. The van der Waals surface area contributed by atoms with Crippen LogP contribution in [0.3, 0.4) is 0 Å². The van der Waals surface area contributed by atoms with Crippen LogP contribution in [0, 0.1) is 6.92 Å². The maximum Gasteiger partial charge on any atom is 0.253 e. The van der Waals surface area contributed by atoms with Crippen molar-refractivity contribution in [1.82, 2.24) is 10.1 Å². The second-order valence-corrected chi connectivity index (χ2v) is 5.87. The summed E-state index contributed by atoms with van der Waals surface area (Å²) in [5.74, 6) is 1.38. The van der Waals surface area contributed by atoms with E-state index < -0.39 is 0 Å². The maximum absolute atomic E-state index is 12.8. The molecule has 2 aromatic carbocycles. The summed E-state index contributed by atoms with van der Waals surface area (Å²) in [5.41, 5.74) is 3.22. The fraction of sp³-hybridized carbons (Fsp3) is 0.200. The Kier molecular flexibility index (Phi) is 4.84. The zero-order valence-corrected chi connectivity index (χ0v) is 14.5. The molecule has 0 unspecified atom stereocenters. The van der Waals surface area contributed by atoms with Crippen LogP contribution in [-0.4, -0.2) is 30.1 Å². The highest BCUT2D eigenvalue weighted by Gasteiger charge is 2.16. The van der Waals surface area contributed by atoms with Gasteiger partial charge in [0, 0.05) is 24.2 Å². The lowest BCUT2D eigenvalue weighted by Gasteiger charge is -2.17. The Morgan fingerprint density at radius 1 is 1.16 bits per heavy atom. The number of hydrogen-bond acceptors (Lipinski definition) is 4. The van der Waals surface area contributed by atoms with Crippen molar-refractivity contribution >= 4 is 5.91 Å². The van der Waals surface area contributed by atoms with Crippen molar-refractivity contribution in [3.8, 4) is 16.9 Å². The topological polar surface area (TPSA) is 55.6 Å². The molecule has 25 heavy (non-hydrogen) atoms. The molecule has 3 rings (SSSR count). The van der Waals surface area contributed by atoms with E-state index in [9.17, 15) is 4.79 Å². The van der Waals surface area contributed by atoms with Crippen molar-refractivity contribution in [2.24, 2.45) is 0 Å². The van der Waals surface area contributed by atoms with Gasteiger partial charge >= 0.3 is 0 Å². The fourth-order valence-electron chi connectivity index (χ4n) is 2.71. The van der Waals surface area contributed by atoms with E-state index in [2.05, 4.69) is 5.16 Å². The minimum absolute atomic E-state index is 0.0829. The predicted octanol–water partition coefficient (Wildman–Crippen LogP) is 3.93. The Bertz CT molecular complexity index is 872. The van der Waals surface area contributed by atoms with Crippen LogP contribution in [0.4, 0.5) is 0 Å². The smallest absolute Gasteiger partial charge is 0.253 e. The van der Waals surface area contributed by atoms with E-state index >= 15 is 0 Å². The molecule has 0 N–H and O–H groups in total. The van der Waals surface area contributed by atoms with E-state index in [0.29, 0.717) is 12.1 Å². The predicted molar refractivity (Wildman–Crippen MR) is 95.5 cm³/mol. The first kappa shape index (κ1) is 16.8. The van der Waals surface area contributed by atoms with Gasteiger partial charge in [-0.2, -0.15) is 0 Å². The second kappa shape index (κ2) is 7.21. The first-order valence-electron chi connectivity index (χ1n) is 7.99. The number of nitrogens with zero attached hydrogens (tertiary/aromatic N) is 2. The summed E-state index contributed by atoms with van der Waals surface area (Å²) in [4.78, 5) is 14.4. The molecule has 128 valence electrons. The lowest BCUT2D eigenvalue weighted by molar-refractivity contribution is 0.0782. The monoisotopic (exact) mass is 336 g/mol. The van der Waals surface area contributed by atoms with Gasteiger partial charge in [0.2, 0.25) is 0 Å². The molecule has 1 heterocycles. The number of ether oxygens (including phenoxy) is 1. The van der Waals surface area contributed by atoms with Gasteiger partial charge in [-0.05, 0) is 30.7 Å². The minimum Gasteiger partial charge on any atom is -0.496 e. The molecule has 0 aliphatic rings. The van der Waals surface area contributed by atoms with Crippen LogP contribution in [0.5, 0.6) is 5.75 Å². The Labute approximate surface area is 146 Å². The number of aryl methyl sites for hydroxylation is 1. The van der Waals surface area contributed by atoms with E-state index in [-0.39, 0.29) is 5.91 Å². The normalized spacial score (nSPS) is 10.5. The number of amides is 1. The molecule has 1 aromatic heterocycles. The number of carbonyl (C=O) groups is 1. The third-order valence-electron chi connectivity index (χ3n) is 3.95. The average molecular weight is 336 g/mol. The lowest BCUT2D eigenvalue weighted by Crippen LogP contribution is -2.26. The Balaban J connectivity index is 1.87. The Morgan fingerprint density at radius 2 is 1.92 bits per heavy atom. The average Bonchev–Trinajstić information content (AvgIpc) is 3.06. The van der Waals surface area contributed by atoms with Crippen LogP contribution in [0.15, 0.2) is 59.1 Å². The van der Waals surface area contributed by atoms with Crippen LogP contribution in [0.1, 0.15) is 21.8 Å². The molecule has 0 fully saturated rings. The van der Waals surface area contributed by atoms with Gasteiger partial charge in [0.1, 0.15) is 17.2 Å². The Hall–Kier alpha value is -3.08. The van der Waals surface area contributed by atoms with E-state index in [1.807, 2.05) is 55.5 Å². The van der Waals surface area contributed by atoms with Gasteiger partial charge in [-0.25, -0.2) is 0 Å². The van der Waals surface area contributed by atoms with E-state index in [1.54, 1.807) is 25.1 Å². The van der Waals surface area contributed by atoms with Crippen LogP contribution in [-0.2, 0) is 6.54 Å². The SMILES string of the molecule is COc1ccc(C(=O)N(C)Cc2cc(C)on2)cc1-c1ccccc1. The van der Waals surface area contributed by atoms with Crippen molar-refractivity contribution < 1.29 is 14.1 Å². The number of carbonyl (C=O) groups excluding carboxylic acids is 1. The summed E-state index contributed by atoms with van der Waals surface area (Å²) in [7, 11) is 3.38. The van der Waals surface area contributed by atoms with Gasteiger partial charge in [-0.15, -0.1) is 0 Å². The van der Waals surface area contributed by atoms with Crippen molar-refractivity contribution in [2.75, 3.05) is 14.2 Å². The molecule has 5 nitrogen and oxygen atoms in total. The van der Waals surface area contributed by atoms with Gasteiger partial charge in [-0.3, -0.25) is 4.79 Å². The summed E-state index contributed by atoms with van der Waals surface area (Å²) in [5, 5.41) is 3.94. The number of aromatic nitrogens is 1. The molecule has 5 heteroatoms. The van der Waals surface area contributed by atoms with Crippen molar-refractivity contribution in [1.29, 1.82) is 0 Å². The van der Waals surface area contributed by atoms with Gasteiger partial charge in [0.15, 0.2) is 0 Å². The summed E-state index contributed by atoms with van der Waals surface area (Å²) < 4.78 is 10.5. The summed E-state index contributed by atoms with van der Waals surface area (Å²) in [6.07, 6.45) is 0. The Morgan fingerprint density at radius 3 is 2.56 bits per heavy atom. The molecule has 0 saturated heterocycles. The molecule has 0 spiro atoms. The standard InChI is InChI=1S/C20H20N2O3/c1-14-11-17(21-25-14)13-22(2)20(23)16-9-10-19(24-3)18(12-16)15-7-5-4-6-8-15/h4-12H,13H2,1-3H3. The minimum atomic E-state index is -0.0829. The number of hydrogen-bond donors (Lipinski definition) is 0. The third-order valence-corrected chi connectivity index (χ3v) is 3.95. The van der Waals surface area contributed by atoms with Crippen LogP contribution in [0.25, 0.3) is 11.1 Å². The second-order valence-electron chi connectivity index (χ2n) is 5.87. The molecular formula is C20H20N2O3. The van der Waals surface area contributed by atoms with E-state index in [1.165, 1.54) is 0 Å². The molecule has 0 saturated carbocycles. The van der Waals surface area contributed by atoms with E-state index in [4.69, 9.17) is 9.26 Å². The molecule has 1 amide bonds. The van der Waals surface area contributed by atoms with Crippen molar-refractivity contribution in [3.05, 3.63) is 71.6 Å². The highest BCUT2D eigenvalue weighted by Crippen LogP contribution is 2.31. The number of benzene rings is 2. The van der Waals surface area contributed by atoms with Crippen LogP contribution in [0.2, 0.25) is 0 Å². The molecule has 0 radical (unpaired) electrons. The quantitative estimate of drug-likeness (QED) is 0.708. The highest BCUT2D eigenvalue weighted by molar-refractivity contribution is 5.96. The molecule has 3 aromatic rings. The first-order valence-corrected chi connectivity index (χ1v) is 7.99. The number of methoxy groups -OCH3 is 1. The van der Waals surface area contributed by atoms with Crippen molar-refractivity contribution in [3.63, 3.8) is 0 Å². The van der Waals surface area contributed by atoms with E-state index in [0.717, 1.165) is 28.3 Å². The molecular weight excluding hydrogens is 316 g/mol. The maximum atomic E-state index is 12.8. The first-order chi connectivity index (χ1) is 12.1. The van der Waals surface area contributed by atoms with Crippen LogP contribution >= 0.6 is 0 Å². The van der Waals surface area contributed by atoms with Crippen LogP contribution < -0.4 is 4.74 Å². The fourth-order valence-corrected chi connectivity index (χ4v) is 2.71. The van der Waals surface area contributed by atoms with Gasteiger partial charge in [0.25, 0.3) is 5.91 Å². The van der Waals surface area contributed by atoms with Gasteiger partial charge < -0.3 is 14.2 Å². The molecule has 0 atom stereocenters. The summed E-state index contributed by atoms with van der Waals surface area (Å²) in [6, 6.07) is 17.2. The zero-order chi connectivity index (χ0) is 17.8. The molecule has 0 bridgehead atoms. The highest BCUT2D eigenvalue weighted by atomic mass is 16.5. The zero-order valence-electron chi connectivity index (χ0n) is 14.5. The third kappa shape index (κ3) is 3.71. The largest absolute Gasteiger partial charge is 0.496 e. The van der Waals surface area contributed by atoms with Crippen molar-refractivity contribution in [2.45, 2.75) is 13.5 Å².